The van der Waals surface area contributed by atoms with Crippen LogP contribution >= 0.6 is 15.9 Å². The summed E-state index contributed by atoms with van der Waals surface area (Å²) in [6, 6.07) is 10.5. The summed E-state index contributed by atoms with van der Waals surface area (Å²) in [6.07, 6.45) is 3.12. The Morgan fingerprint density at radius 3 is 3.00 bits per heavy atom. The Hall–Kier alpha value is -1.61. The van der Waals surface area contributed by atoms with Crippen LogP contribution in [0.15, 0.2) is 41.0 Å². The van der Waals surface area contributed by atoms with Gasteiger partial charge in [0.05, 0.1) is 11.4 Å². The van der Waals surface area contributed by atoms with E-state index < -0.39 is 0 Å². The lowest BCUT2D eigenvalue weighted by Gasteiger charge is -2.02. The van der Waals surface area contributed by atoms with Crippen LogP contribution in [0.3, 0.4) is 0 Å². The SMILES string of the molecule is Cc1ccc2nc3c(n2c1)Cc1c(Br)cccc1-3. The van der Waals surface area contributed by atoms with Gasteiger partial charge in [-0.1, -0.05) is 34.1 Å². The van der Waals surface area contributed by atoms with E-state index in [2.05, 4.69) is 63.8 Å². The van der Waals surface area contributed by atoms with Crippen molar-refractivity contribution in [2.45, 2.75) is 13.3 Å². The van der Waals surface area contributed by atoms with E-state index in [9.17, 15) is 0 Å². The third kappa shape index (κ3) is 1.25. The molecular formula is C15H11BrN2. The van der Waals surface area contributed by atoms with Crippen molar-refractivity contribution in [2.75, 3.05) is 0 Å². The van der Waals surface area contributed by atoms with E-state index in [0.717, 1.165) is 17.8 Å². The Kier molecular flexibility index (Phi) is 1.98. The third-order valence-corrected chi connectivity index (χ3v) is 4.33. The van der Waals surface area contributed by atoms with Gasteiger partial charge in [0.15, 0.2) is 0 Å². The summed E-state index contributed by atoms with van der Waals surface area (Å²) in [7, 11) is 0. The summed E-state index contributed by atoms with van der Waals surface area (Å²) in [5, 5.41) is 0. The van der Waals surface area contributed by atoms with Gasteiger partial charge in [-0.15, -0.1) is 0 Å². The van der Waals surface area contributed by atoms with Gasteiger partial charge < -0.3 is 4.40 Å². The van der Waals surface area contributed by atoms with Crippen molar-refractivity contribution in [3.05, 3.63) is 57.8 Å². The molecule has 3 heteroatoms. The molecule has 0 amide bonds. The number of fused-ring (bicyclic) bond motifs is 5. The number of aryl methyl sites for hydroxylation is 1. The van der Waals surface area contributed by atoms with E-state index in [1.807, 2.05) is 0 Å². The van der Waals surface area contributed by atoms with Crippen molar-refractivity contribution in [3.8, 4) is 11.3 Å². The number of rotatable bonds is 0. The first-order valence-electron chi connectivity index (χ1n) is 5.99. The Balaban J connectivity index is 2.08. The zero-order valence-corrected chi connectivity index (χ0v) is 11.5. The van der Waals surface area contributed by atoms with Crippen LogP contribution in [0.2, 0.25) is 0 Å². The van der Waals surface area contributed by atoms with Crippen molar-refractivity contribution >= 4 is 21.6 Å². The van der Waals surface area contributed by atoms with Gasteiger partial charge >= 0.3 is 0 Å². The molecule has 0 aliphatic heterocycles. The molecule has 0 radical (unpaired) electrons. The zero-order valence-electron chi connectivity index (χ0n) is 9.94. The molecule has 2 nitrogen and oxygen atoms in total. The number of aromatic nitrogens is 2. The van der Waals surface area contributed by atoms with Gasteiger partial charge in [-0.25, -0.2) is 4.98 Å². The molecule has 0 fully saturated rings. The number of benzene rings is 1. The predicted octanol–water partition coefficient (Wildman–Crippen LogP) is 3.98. The molecule has 1 aromatic carbocycles. The lowest BCUT2D eigenvalue weighted by Crippen LogP contribution is -1.92. The predicted molar refractivity (Wildman–Crippen MR) is 75.9 cm³/mol. The van der Waals surface area contributed by atoms with Crippen LogP contribution in [0.4, 0.5) is 0 Å². The average Bonchev–Trinajstić information content (AvgIpc) is 2.87. The first kappa shape index (κ1) is 10.3. The van der Waals surface area contributed by atoms with Gasteiger partial charge in [-0.3, -0.25) is 0 Å². The smallest absolute Gasteiger partial charge is 0.137 e. The minimum absolute atomic E-state index is 0.955. The maximum atomic E-state index is 4.76. The minimum atomic E-state index is 0.955. The fourth-order valence-electron chi connectivity index (χ4n) is 2.71. The fourth-order valence-corrected chi connectivity index (χ4v) is 3.22. The lowest BCUT2D eigenvalue weighted by molar-refractivity contribution is 1.04. The van der Waals surface area contributed by atoms with E-state index in [1.54, 1.807) is 0 Å². The van der Waals surface area contributed by atoms with Crippen molar-refractivity contribution < 1.29 is 0 Å². The van der Waals surface area contributed by atoms with Crippen LogP contribution in [0, 0.1) is 6.92 Å². The molecule has 0 spiro atoms. The highest BCUT2D eigenvalue weighted by Gasteiger charge is 2.25. The fraction of sp³-hybridized carbons (Fsp3) is 0.133. The summed E-state index contributed by atoms with van der Waals surface area (Å²) >= 11 is 3.63. The van der Waals surface area contributed by atoms with Crippen LogP contribution in [-0.2, 0) is 6.42 Å². The molecule has 1 aliphatic carbocycles. The Morgan fingerprint density at radius 1 is 1.22 bits per heavy atom. The molecule has 1 aliphatic rings. The molecular weight excluding hydrogens is 288 g/mol. The van der Waals surface area contributed by atoms with Gasteiger partial charge in [0.25, 0.3) is 0 Å². The van der Waals surface area contributed by atoms with Crippen molar-refractivity contribution in [2.24, 2.45) is 0 Å². The van der Waals surface area contributed by atoms with E-state index in [0.29, 0.717) is 0 Å². The van der Waals surface area contributed by atoms with Crippen LogP contribution in [0.5, 0.6) is 0 Å². The summed E-state index contributed by atoms with van der Waals surface area (Å²) < 4.78 is 3.40. The maximum absolute atomic E-state index is 4.76. The number of nitrogens with zero attached hydrogens (tertiary/aromatic N) is 2. The molecule has 88 valence electrons. The standard InChI is InChI=1S/C15H11BrN2/c1-9-5-6-14-17-15-10-3-2-4-12(16)11(10)7-13(15)18(14)8-9/h2-6,8H,7H2,1H3. The third-order valence-electron chi connectivity index (χ3n) is 3.58. The lowest BCUT2D eigenvalue weighted by atomic mass is 10.1. The van der Waals surface area contributed by atoms with Crippen molar-refractivity contribution in [3.63, 3.8) is 0 Å². The number of pyridine rings is 1. The molecule has 2 aromatic heterocycles. The molecule has 0 bridgehead atoms. The molecule has 4 rings (SSSR count). The van der Waals surface area contributed by atoms with Crippen LogP contribution in [-0.4, -0.2) is 9.38 Å². The second-order valence-corrected chi connectivity index (χ2v) is 5.64. The maximum Gasteiger partial charge on any atom is 0.137 e. The molecule has 2 heterocycles. The molecule has 0 atom stereocenters. The Bertz CT molecular complexity index is 787. The molecule has 0 saturated carbocycles. The van der Waals surface area contributed by atoms with Gasteiger partial charge in [-0.2, -0.15) is 0 Å². The average molecular weight is 299 g/mol. The van der Waals surface area contributed by atoms with Crippen LogP contribution in [0.25, 0.3) is 16.9 Å². The quantitative estimate of drug-likeness (QED) is 0.480. The molecule has 0 N–H and O–H groups in total. The minimum Gasteiger partial charge on any atom is -0.303 e. The second-order valence-electron chi connectivity index (χ2n) is 4.78. The first-order valence-corrected chi connectivity index (χ1v) is 6.79. The summed E-state index contributed by atoms with van der Waals surface area (Å²) in [5.74, 6) is 0. The van der Waals surface area contributed by atoms with Gasteiger partial charge in [0.2, 0.25) is 0 Å². The number of hydrogen-bond acceptors (Lipinski definition) is 1. The van der Waals surface area contributed by atoms with E-state index >= 15 is 0 Å². The molecule has 0 saturated heterocycles. The Morgan fingerprint density at radius 2 is 2.11 bits per heavy atom. The molecule has 3 aromatic rings. The van der Waals surface area contributed by atoms with Crippen LogP contribution in [0.1, 0.15) is 16.8 Å². The molecule has 18 heavy (non-hydrogen) atoms. The number of hydrogen-bond donors (Lipinski definition) is 0. The second kappa shape index (κ2) is 3.45. The van der Waals surface area contributed by atoms with Gasteiger partial charge in [-0.05, 0) is 30.2 Å². The van der Waals surface area contributed by atoms with Crippen molar-refractivity contribution in [1.29, 1.82) is 0 Å². The zero-order chi connectivity index (χ0) is 12.3. The van der Waals surface area contributed by atoms with Gasteiger partial charge in [0.1, 0.15) is 5.65 Å². The highest BCUT2D eigenvalue weighted by molar-refractivity contribution is 9.10. The monoisotopic (exact) mass is 298 g/mol. The largest absolute Gasteiger partial charge is 0.303 e. The topological polar surface area (TPSA) is 17.3 Å². The van der Waals surface area contributed by atoms with E-state index in [1.165, 1.54) is 26.9 Å². The number of halogens is 1. The van der Waals surface area contributed by atoms with Crippen molar-refractivity contribution in [1.82, 2.24) is 9.38 Å². The highest BCUT2D eigenvalue weighted by Crippen LogP contribution is 2.39. The first-order chi connectivity index (χ1) is 8.74. The summed E-state index contributed by atoms with van der Waals surface area (Å²) in [6.45, 7) is 2.11. The number of imidazole rings is 1. The summed E-state index contributed by atoms with van der Waals surface area (Å²) in [5.41, 5.74) is 7.35. The summed E-state index contributed by atoms with van der Waals surface area (Å²) in [4.78, 5) is 4.76. The van der Waals surface area contributed by atoms with Crippen LogP contribution < -0.4 is 0 Å². The highest BCUT2D eigenvalue weighted by atomic mass is 79.9. The van der Waals surface area contributed by atoms with E-state index in [-0.39, 0.29) is 0 Å². The Labute approximate surface area is 113 Å². The van der Waals surface area contributed by atoms with E-state index in [4.69, 9.17) is 4.98 Å². The molecule has 0 unspecified atom stereocenters. The van der Waals surface area contributed by atoms with Gasteiger partial charge in [0, 0.05) is 22.7 Å². The normalized spacial score (nSPS) is 12.8.